The van der Waals surface area contributed by atoms with Crippen LogP contribution in [0.1, 0.15) is 18.4 Å². The fourth-order valence-electron chi connectivity index (χ4n) is 2.21. The van der Waals surface area contributed by atoms with Crippen LogP contribution in [0.5, 0.6) is 0 Å². The van der Waals surface area contributed by atoms with Crippen LogP contribution in [0, 0.1) is 23.1 Å². The zero-order valence-corrected chi connectivity index (χ0v) is 11.5. The van der Waals surface area contributed by atoms with Crippen LogP contribution >= 0.6 is 0 Å². The lowest BCUT2D eigenvalue weighted by Crippen LogP contribution is -2.36. The molecule has 1 atom stereocenters. The number of carbonyl (C=O) groups excluding carboxylic acids is 2. The van der Waals surface area contributed by atoms with Crippen LogP contribution in [-0.2, 0) is 9.59 Å². The molecule has 0 aromatic heterocycles. The number of benzene rings is 1. The fourth-order valence-corrected chi connectivity index (χ4v) is 2.21. The van der Waals surface area contributed by atoms with E-state index in [1.807, 2.05) is 0 Å². The zero-order valence-electron chi connectivity index (χ0n) is 11.5. The van der Waals surface area contributed by atoms with E-state index in [4.69, 9.17) is 5.26 Å². The summed E-state index contributed by atoms with van der Waals surface area (Å²) in [4.78, 5) is 25.6. The Balaban J connectivity index is 2.04. The zero-order chi connectivity index (χ0) is 15.2. The number of hydrogen-bond donors (Lipinski definition) is 0. The van der Waals surface area contributed by atoms with Gasteiger partial charge in [-0.15, -0.1) is 0 Å². The second-order valence-corrected chi connectivity index (χ2v) is 4.88. The number of rotatable bonds is 4. The van der Waals surface area contributed by atoms with Crippen LogP contribution in [0.4, 0.5) is 4.39 Å². The van der Waals surface area contributed by atoms with Crippen molar-refractivity contribution in [3.05, 3.63) is 41.7 Å². The third-order valence-electron chi connectivity index (χ3n) is 3.39. The van der Waals surface area contributed by atoms with Crippen molar-refractivity contribution in [3.8, 4) is 6.07 Å². The molecule has 1 saturated heterocycles. The maximum absolute atomic E-state index is 12.8. The first-order valence-corrected chi connectivity index (χ1v) is 6.77. The molecule has 2 rings (SSSR count). The summed E-state index contributed by atoms with van der Waals surface area (Å²) in [5.74, 6) is -2.63. The van der Waals surface area contributed by atoms with Crippen molar-refractivity contribution >= 4 is 17.8 Å². The number of ketones is 1. The Labute approximate surface area is 122 Å². The molecule has 0 spiro atoms. The van der Waals surface area contributed by atoms with E-state index in [1.165, 1.54) is 36.4 Å². The number of halogens is 1. The van der Waals surface area contributed by atoms with Crippen LogP contribution in [0.2, 0.25) is 0 Å². The van der Waals surface area contributed by atoms with Crippen LogP contribution in [0.3, 0.4) is 0 Å². The minimum atomic E-state index is -1.29. The third kappa shape index (κ3) is 3.76. The summed E-state index contributed by atoms with van der Waals surface area (Å²) >= 11 is 0. The molecule has 1 aliphatic rings. The largest absolute Gasteiger partial charge is 0.341 e. The van der Waals surface area contributed by atoms with E-state index in [9.17, 15) is 14.0 Å². The maximum atomic E-state index is 12.8. The first-order valence-electron chi connectivity index (χ1n) is 6.77. The SMILES string of the molecule is N#CC(C(=O)C=Cc1ccc(F)cc1)C(=O)N1CCCC1. The molecule has 0 aliphatic carbocycles. The number of allylic oxidation sites excluding steroid dienone is 1. The normalized spacial score (nSPS) is 15.9. The van der Waals surface area contributed by atoms with Gasteiger partial charge < -0.3 is 4.90 Å². The first kappa shape index (κ1) is 14.9. The Morgan fingerprint density at radius 1 is 1.24 bits per heavy atom. The van der Waals surface area contributed by atoms with Crippen molar-refractivity contribution in [1.29, 1.82) is 5.26 Å². The minimum absolute atomic E-state index is 0.363. The minimum Gasteiger partial charge on any atom is -0.341 e. The summed E-state index contributed by atoms with van der Waals surface area (Å²) < 4.78 is 12.8. The summed E-state index contributed by atoms with van der Waals surface area (Å²) in [6, 6.07) is 7.36. The monoisotopic (exact) mass is 286 g/mol. The van der Waals surface area contributed by atoms with Gasteiger partial charge in [0.1, 0.15) is 5.82 Å². The van der Waals surface area contributed by atoms with Crippen LogP contribution < -0.4 is 0 Å². The van der Waals surface area contributed by atoms with Crippen molar-refractivity contribution in [2.45, 2.75) is 12.8 Å². The Bertz CT molecular complexity index is 596. The van der Waals surface area contributed by atoms with Crippen molar-refractivity contribution in [2.24, 2.45) is 5.92 Å². The van der Waals surface area contributed by atoms with Crippen molar-refractivity contribution in [1.82, 2.24) is 4.90 Å². The second kappa shape index (κ2) is 6.80. The van der Waals surface area contributed by atoms with Crippen LogP contribution in [0.15, 0.2) is 30.3 Å². The van der Waals surface area contributed by atoms with E-state index in [2.05, 4.69) is 0 Å². The predicted molar refractivity (Wildman–Crippen MR) is 75.4 cm³/mol. The summed E-state index contributed by atoms with van der Waals surface area (Å²) in [6.07, 6.45) is 4.49. The number of likely N-dealkylation sites (tertiary alicyclic amines) is 1. The Kier molecular flexibility index (Phi) is 4.83. The highest BCUT2D eigenvalue weighted by atomic mass is 19.1. The molecule has 1 aromatic rings. The van der Waals surface area contributed by atoms with E-state index >= 15 is 0 Å². The highest BCUT2D eigenvalue weighted by molar-refractivity contribution is 6.10. The van der Waals surface area contributed by atoms with Gasteiger partial charge >= 0.3 is 0 Å². The topological polar surface area (TPSA) is 61.2 Å². The van der Waals surface area contributed by atoms with E-state index in [0.29, 0.717) is 18.7 Å². The molecule has 1 unspecified atom stereocenters. The molecular weight excluding hydrogens is 271 g/mol. The van der Waals surface area contributed by atoms with Gasteiger partial charge in [0.25, 0.3) is 0 Å². The molecule has 1 fully saturated rings. The van der Waals surface area contributed by atoms with Gasteiger partial charge in [-0.3, -0.25) is 9.59 Å². The highest BCUT2D eigenvalue weighted by Crippen LogP contribution is 2.13. The lowest BCUT2D eigenvalue weighted by molar-refractivity contribution is -0.136. The molecule has 0 N–H and O–H groups in total. The van der Waals surface area contributed by atoms with Gasteiger partial charge in [-0.25, -0.2) is 4.39 Å². The molecule has 0 saturated carbocycles. The number of nitrogens with zero attached hydrogens (tertiary/aromatic N) is 2. The molecule has 1 aromatic carbocycles. The second-order valence-electron chi connectivity index (χ2n) is 4.88. The average molecular weight is 286 g/mol. The summed E-state index contributed by atoms with van der Waals surface area (Å²) in [5, 5.41) is 9.06. The van der Waals surface area contributed by atoms with Gasteiger partial charge in [-0.05, 0) is 36.6 Å². The molecule has 0 bridgehead atoms. The number of nitriles is 1. The number of carbonyl (C=O) groups is 2. The Morgan fingerprint density at radius 2 is 1.86 bits per heavy atom. The Morgan fingerprint density at radius 3 is 2.43 bits per heavy atom. The van der Waals surface area contributed by atoms with Crippen LogP contribution in [0.25, 0.3) is 6.08 Å². The molecule has 1 aliphatic heterocycles. The molecule has 21 heavy (non-hydrogen) atoms. The van der Waals surface area contributed by atoms with E-state index in [0.717, 1.165) is 12.8 Å². The average Bonchev–Trinajstić information content (AvgIpc) is 3.01. The molecule has 0 radical (unpaired) electrons. The maximum Gasteiger partial charge on any atom is 0.247 e. The van der Waals surface area contributed by atoms with E-state index in [-0.39, 0.29) is 5.82 Å². The molecule has 5 heteroatoms. The molecular formula is C16H15FN2O2. The van der Waals surface area contributed by atoms with Gasteiger partial charge in [0.15, 0.2) is 11.7 Å². The van der Waals surface area contributed by atoms with Crippen molar-refractivity contribution in [2.75, 3.05) is 13.1 Å². The summed E-state index contributed by atoms with van der Waals surface area (Å²) in [7, 11) is 0. The van der Waals surface area contributed by atoms with Gasteiger partial charge in [0.2, 0.25) is 5.91 Å². The van der Waals surface area contributed by atoms with Gasteiger partial charge in [-0.1, -0.05) is 18.2 Å². The van der Waals surface area contributed by atoms with Crippen molar-refractivity contribution in [3.63, 3.8) is 0 Å². The quantitative estimate of drug-likeness (QED) is 0.629. The third-order valence-corrected chi connectivity index (χ3v) is 3.39. The smallest absolute Gasteiger partial charge is 0.247 e. The first-order chi connectivity index (χ1) is 10.1. The summed E-state index contributed by atoms with van der Waals surface area (Å²) in [5.41, 5.74) is 0.634. The lowest BCUT2D eigenvalue weighted by Gasteiger charge is -2.16. The molecule has 1 amide bonds. The summed E-state index contributed by atoms with van der Waals surface area (Å²) in [6.45, 7) is 1.21. The highest BCUT2D eigenvalue weighted by Gasteiger charge is 2.30. The Hall–Kier alpha value is -2.48. The van der Waals surface area contributed by atoms with E-state index < -0.39 is 17.6 Å². The van der Waals surface area contributed by atoms with Crippen molar-refractivity contribution < 1.29 is 14.0 Å². The fraction of sp³-hybridized carbons (Fsp3) is 0.312. The van der Waals surface area contributed by atoms with Gasteiger partial charge in [0.05, 0.1) is 6.07 Å². The molecule has 108 valence electrons. The van der Waals surface area contributed by atoms with Gasteiger partial charge in [0, 0.05) is 13.1 Å². The van der Waals surface area contributed by atoms with E-state index in [1.54, 1.807) is 11.0 Å². The molecule has 1 heterocycles. The number of hydrogen-bond acceptors (Lipinski definition) is 3. The van der Waals surface area contributed by atoms with Gasteiger partial charge in [-0.2, -0.15) is 5.26 Å². The predicted octanol–water partition coefficient (Wildman–Crippen LogP) is 2.17. The molecule has 4 nitrogen and oxygen atoms in total. The van der Waals surface area contributed by atoms with Crippen LogP contribution in [-0.4, -0.2) is 29.7 Å². The lowest BCUT2D eigenvalue weighted by atomic mass is 10.0. The number of amides is 1. The standard InChI is InChI=1S/C16H15FN2O2/c17-13-6-3-12(4-7-13)5-8-15(20)14(11-18)16(21)19-9-1-2-10-19/h3-8,14H,1-2,9-10H2.